The number of hydrogen-bond donors (Lipinski definition) is 1. The summed E-state index contributed by atoms with van der Waals surface area (Å²) in [5.74, 6) is 0. The fourth-order valence-electron chi connectivity index (χ4n) is 0.591. The highest BCUT2D eigenvalue weighted by Gasteiger charge is 2.17. The first-order valence-electron chi connectivity index (χ1n) is 3.94. The molecule has 0 spiro atoms. The summed E-state index contributed by atoms with van der Waals surface area (Å²) in [5, 5.41) is 2.32. The van der Waals surface area contributed by atoms with E-state index in [4.69, 9.17) is 4.74 Å². The fraction of sp³-hybridized carbons (Fsp3) is 0.750. The van der Waals surface area contributed by atoms with Gasteiger partial charge in [0, 0.05) is 0 Å². The van der Waals surface area contributed by atoms with E-state index in [1.807, 2.05) is 0 Å². The molecule has 0 aromatic rings. The Balaban J connectivity index is 3.81. The van der Waals surface area contributed by atoms with E-state index in [0.717, 1.165) is 0 Å². The average Bonchev–Trinajstić information content (AvgIpc) is 1.81. The van der Waals surface area contributed by atoms with E-state index in [1.54, 1.807) is 20.8 Å². The maximum Gasteiger partial charge on any atom is 0.410 e. The zero-order chi connectivity index (χ0) is 10.5. The van der Waals surface area contributed by atoms with Crippen molar-refractivity contribution >= 4 is 12.6 Å². The van der Waals surface area contributed by atoms with Gasteiger partial charge in [0.05, 0.1) is 0 Å². The van der Waals surface area contributed by atoms with Crippen molar-refractivity contribution in [2.45, 2.75) is 39.5 Å². The summed E-state index contributed by atoms with van der Waals surface area (Å²) in [6.07, 6.45) is -1.28. The van der Waals surface area contributed by atoms with Crippen LogP contribution >= 0.6 is 0 Å². The number of hydrogen-bond acceptors (Lipinski definition) is 4. The third-order valence-corrected chi connectivity index (χ3v) is 0.980. The molecule has 0 aromatic heterocycles. The van der Waals surface area contributed by atoms with Crippen molar-refractivity contribution in [2.75, 3.05) is 0 Å². The van der Waals surface area contributed by atoms with Crippen LogP contribution in [0.5, 0.6) is 0 Å². The monoisotopic (exact) mass is 189 g/mol. The number of nitrogens with one attached hydrogen (secondary N) is 1. The molecule has 0 aromatic carbocycles. The van der Waals surface area contributed by atoms with Crippen molar-refractivity contribution in [3.8, 4) is 0 Å². The van der Waals surface area contributed by atoms with Crippen LogP contribution in [0.25, 0.3) is 0 Å². The van der Waals surface area contributed by atoms with Gasteiger partial charge in [0.1, 0.15) is 5.60 Å². The van der Waals surface area contributed by atoms with E-state index in [2.05, 4.69) is 10.1 Å². The van der Waals surface area contributed by atoms with Crippen LogP contribution in [0.1, 0.15) is 27.7 Å². The Kier molecular flexibility index (Phi) is 4.23. The lowest BCUT2D eigenvalue weighted by atomic mass is 10.2. The van der Waals surface area contributed by atoms with Crippen molar-refractivity contribution in [3.05, 3.63) is 0 Å². The first-order chi connectivity index (χ1) is 5.85. The van der Waals surface area contributed by atoms with Crippen LogP contribution in [0, 0.1) is 0 Å². The molecule has 1 amide bonds. The zero-order valence-corrected chi connectivity index (χ0v) is 8.29. The van der Waals surface area contributed by atoms with Crippen molar-refractivity contribution in [2.24, 2.45) is 0 Å². The number of amides is 1. The highest BCUT2D eigenvalue weighted by atomic mass is 16.6. The molecular weight excluding hydrogens is 174 g/mol. The van der Waals surface area contributed by atoms with Crippen LogP contribution in [-0.2, 0) is 14.3 Å². The Bertz CT molecular complexity index is 185. The van der Waals surface area contributed by atoms with Crippen LogP contribution in [0.2, 0.25) is 0 Å². The van der Waals surface area contributed by atoms with Gasteiger partial charge in [-0.3, -0.25) is 10.1 Å². The van der Waals surface area contributed by atoms with E-state index in [0.29, 0.717) is 0 Å². The number of ether oxygens (including phenoxy) is 2. The molecule has 5 heteroatoms. The lowest BCUT2D eigenvalue weighted by molar-refractivity contribution is -0.133. The summed E-state index contributed by atoms with van der Waals surface area (Å²) in [4.78, 5) is 20.9. The third-order valence-electron chi connectivity index (χ3n) is 0.980. The van der Waals surface area contributed by atoms with Crippen LogP contribution in [0.3, 0.4) is 0 Å². The van der Waals surface area contributed by atoms with Crippen molar-refractivity contribution in [1.29, 1.82) is 0 Å². The molecule has 0 fully saturated rings. The molecule has 0 saturated carbocycles. The number of alkyl carbamates (subject to hydrolysis) is 1. The summed E-state index contributed by atoms with van der Waals surface area (Å²) < 4.78 is 9.34. The standard InChI is InChI=1S/C8H15NO4/c1-6(12-5-10)9-7(11)13-8(2,3)4/h5-6H,1-4H3,(H,9,11)/t6-/m1/s1. The fourth-order valence-corrected chi connectivity index (χ4v) is 0.591. The molecule has 5 nitrogen and oxygen atoms in total. The van der Waals surface area contributed by atoms with Crippen LogP contribution in [0.15, 0.2) is 0 Å². The predicted octanol–water partition coefficient (Wildman–Crippen LogP) is 1.03. The van der Waals surface area contributed by atoms with E-state index in [-0.39, 0.29) is 6.47 Å². The molecule has 0 aliphatic carbocycles. The molecule has 76 valence electrons. The largest absolute Gasteiger partial charge is 0.444 e. The van der Waals surface area contributed by atoms with Crippen LogP contribution in [0.4, 0.5) is 4.79 Å². The summed E-state index contributed by atoms with van der Waals surface area (Å²) in [7, 11) is 0. The van der Waals surface area contributed by atoms with Gasteiger partial charge in [-0.25, -0.2) is 4.79 Å². The van der Waals surface area contributed by atoms with Gasteiger partial charge in [-0.05, 0) is 27.7 Å². The SMILES string of the molecule is C[C@H](NC(=O)OC(C)(C)C)OC=O. The van der Waals surface area contributed by atoms with E-state index >= 15 is 0 Å². The molecule has 0 radical (unpaired) electrons. The quantitative estimate of drug-likeness (QED) is 0.532. The maximum atomic E-state index is 11.0. The van der Waals surface area contributed by atoms with Gasteiger partial charge in [0.15, 0.2) is 6.23 Å². The first kappa shape index (κ1) is 11.7. The van der Waals surface area contributed by atoms with E-state index in [9.17, 15) is 9.59 Å². The second-order valence-electron chi connectivity index (χ2n) is 3.52. The third kappa shape index (κ3) is 7.11. The molecule has 0 aliphatic rings. The normalized spacial score (nSPS) is 12.9. The Morgan fingerprint density at radius 2 is 2.00 bits per heavy atom. The van der Waals surface area contributed by atoms with Gasteiger partial charge in [-0.1, -0.05) is 0 Å². The summed E-state index contributed by atoms with van der Waals surface area (Å²) in [6, 6.07) is 0. The highest BCUT2D eigenvalue weighted by molar-refractivity contribution is 5.67. The Labute approximate surface area is 77.4 Å². The van der Waals surface area contributed by atoms with E-state index in [1.165, 1.54) is 6.92 Å². The van der Waals surface area contributed by atoms with Crippen molar-refractivity contribution < 1.29 is 19.1 Å². The van der Waals surface area contributed by atoms with Crippen molar-refractivity contribution in [1.82, 2.24) is 5.32 Å². The minimum absolute atomic E-state index is 0.266. The summed E-state index contributed by atoms with van der Waals surface area (Å²) in [6.45, 7) is 7.04. The molecule has 1 atom stereocenters. The van der Waals surface area contributed by atoms with E-state index < -0.39 is 17.9 Å². The molecule has 0 rings (SSSR count). The molecular formula is C8H15NO4. The smallest absolute Gasteiger partial charge is 0.410 e. The molecule has 13 heavy (non-hydrogen) atoms. The highest BCUT2D eigenvalue weighted by Crippen LogP contribution is 2.06. The van der Waals surface area contributed by atoms with Gasteiger partial charge in [0.25, 0.3) is 6.47 Å². The number of carbonyl (C=O) groups excluding carboxylic acids is 2. The summed E-state index contributed by atoms with van der Waals surface area (Å²) >= 11 is 0. The molecule has 0 unspecified atom stereocenters. The van der Waals surface area contributed by atoms with Gasteiger partial charge in [-0.2, -0.15) is 0 Å². The lowest BCUT2D eigenvalue weighted by Crippen LogP contribution is -2.38. The van der Waals surface area contributed by atoms with Gasteiger partial charge in [-0.15, -0.1) is 0 Å². The molecule has 0 saturated heterocycles. The van der Waals surface area contributed by atoms with Crippen LogP contribution < -0.4 is 5.32 Å². The Morgan fingerprint density at radius 3 is 2.38 bits per heavy atom. The van der Waals surface area contributed by atoms with Gasteiger partial charge < -0.3 is 9.47 Å². The molecule has 0 bridgehead atoms. The Morgan fingerprint density at radius 1 is 1.46 bits per heavy atom. The van der Waals surface area contributed by atoms with Crippen LogP contribution in [-0.4, -0.2) is 24.4 Å². The first-order valence-corrected chi connectivity index (χ1v) is 3.94. The van der Waals surface area contributed by atoms with Crippen molar-refractivity contribution in [3.63, 3.8) is 0 Å². The Hall–Kier alpha value is -1.26. The zero-order valence-electron chi connectivity index (χ0n) is 8.29. The van der Waals surface area contributed by atoms with Gasteiger partial charge in [0.2, 0.25) is 0 Å². The average molecular weight is 189 g/mol. The second kappa shape index (κ2) is 4.69. The predicted molar refractivity (Wildman–Crippen MR) is 46.0 cm³/mol. The second-order valence-corrected chi connectivity index (χ2v) is 3.52. The minimum atomic E-state index is -0.674. The minimum Gasteiger partial charge on any atom is -0.444 e. The van der Waals surface area contributed by atoms with Gasteiger partial charge >= 0.3 is 6.09 Å². The maximum absolute atomic E-state index is 11.0. The molecule has 0 aliphatic heterocycles. The lowest BCUT2D eigenvalue weighted by Gasteiger charge is -2.21. The molecule has 1 N–H and O–H groups in total. The topological polar surface area (TPSA) is 64.6 Å². The summed E-state index contributed by atoms with van der Waals surface area (Å²) in [5.41, 5.74) is -0.551. The number of carbonyl (C=O) groups is 2. The number of rotatable bonds is 3. The molecule has 0 heterocycles.